The first-order valence-electron chi connectivity index (χ1n) is 5.47. The van der Waals surface area contributed by atoms with Gasteiger partial charge in [0.1, 0.15) is 17.3 Å². The van der Waals surface area contributed by atoms with Crippen LogP contribution in [0.25, 0.3) is 0 Å². The number of rotatable bonds is 3. The van der Waals surface area contributed by atoms with Crippen molar-refractivity contribution in [2.75, 3.05) is 0 Å². The predicted molar refractivity (Wildman–Crippen MR) is 71.2 cm³/mol. The Morgan fingerprint density at radius 2 is 1.83 bits per heavy atom. The van der Waals surface area contributed by atoms with Crippen molar-refractivity contribution >= 4 is 15.9 Å². The van der Waals surface area contributed by atoms with Gasteiger partial charge in [0.15, 0.2) is 0 Å². The molecule has 0 saturated carbocycles. The minimum absolute atomic E-state index is 0.353. The number of halogens is 2. The third kappa shape index (κ3) is 3.09. The van der Waals surface area contributed by atoms with Crippen LogP contribution in [0.15, 0.2) is 46.9 Å². The molecule has 1 atom stereocenters. The summed E-state index contributed by atoms with van der Waals surface area (Å²) in [5, 5.41) is 9.39. The number of ether oxygens (including phenoxy) is 1. The van der Waals surface area contributed by atoms with Crippen LogP contribution in [0.3, 0.4) is 0 Å². The molecule has 0 aliphatic heterocycles. The minimum atomic E-state index is -0.514. The molecule has 2 nitrogen and oxygen atoms in total. The van der Waals surface area contributed by atoms with E-state index in [-0.39, 0.29) is 5.82 Å². The van der Waals surface area contributed by atoms with Crippen molar-refractivity contribution in [2.45, 2.75) is 13.0 Å². The van der Waals surface area contributed by atoms with Gasteiger partial charge in [-0.1, -0.05) is 12.1 Å². The summed E-state index contributed by atoms with van der Waals surface area (Å²) in [7, 11) is 0. The molecule has 0 bridgehead atoms. The van der Waals surface area contributed by atoms with E-state index in [1.165, 1.54) is 12.1 Å². The minimum Gasteiger partial charge on any atom is -0.456 e. The molecular formula is C14H12BrFO2. The van der Waals surface area contributed by atoms with E-state index < -0.39 is 6.10 Å². The molecule has 94 valence electrons. The fraction of sp³-hybridized carbons (Fsp3) is 0.143. The van der Waals surface area contributed by atoms with Gasteiger partial charge in [0.2, 0.25) is 0 Å². The van der Waals surface area contributed by atoms with Gasteiger partial charge in [-0.15, -0.1) is 0 Å². The molecule has 0 aliphatic carbocycles. The number of benzene rings is 2. The van der Waals surface area contributed by atoms with Gasteiger partial charge >= 0.3 is 0 Å². The number of aliphatic hydroxyl groups is 1. The molecule has 0 saturated heterocycles. The maximum Gasteiger partial charge on any atom is 0.144 e. The van der Waals surface area contributed by atoms with Gasteiger partial charge < -0.3 is 9.84 Å². The van der Waals surface area contributed by atoms with Gasteiger partial charge in [-0.25, -0.2) is 4.39 Å². The molecule has 0 radical (unpaired) electrons. The van der Waals surface area contributed by atoms with Crippen molar-refractivity contribution in [3.8, 4) is 11.5 Å². The Morgan fingerprint density at radius 3 is 2.44 bits per heavy atom. The predicted octanol–water partition coefficient (Wildman–Crippen LogP) is 4.43. The zero-order valence-corrected chi connectivity index (χ0v) is 11.3. The zero-order valence-electron chi connectivity index (χ0n) is 9.73. The maximum absolute atomic E-state index is 13.1. The van der Waals surface area contributed by atoms with Gasteiger partial charge in [0.05, 0.1) is 10.6 Å². The van der Waals surface area contributed by atoms with Crippen molar-refractivity contribution < 1.29 is 14.2 Å². The third-order valence-electron chi connectivity index (χ3n) is 2.48. The van der Waals surface area contributed by atoms with Crippen LogP contribution >= 0.6 is 15.9 Å². The van der Waals surface area contributed by atoms with Crippen molar-refractivity contribution in [3.05, 3.63) is 58.3 Å². The number of hydrogen-bond donors (Lipinski definition) is 1. The fourth-order valence-electron chi connectivity index (χ4n) is 1.50. The summed E-state index contributed by atoms with van der Waals surface area (Å²) in [5.74, 6) is 0.652. The molecule has 0 unspecified atom stereocenters. The van der Waals surface area contributed by atoms with Crippen LogP contribution in [0.4, 0.5) is 4.39 Å². The number of hydrogen-bond acceptors (Lipinski definition) is 2. The van der Waals surface area contributed by atoms with Crippen LogP contribution in [0.1, 0.15) is 18.6 Å². The first kappa shape index (κ1) is 13.1. The fourth-order valence-corrected chi connectivity index (χ4v) is 1.82. The molecular weight excluding hydrogens is 299 g/mol. The molecule has 1 N–H and O–H groups in total. The van der Waals surface area contributed by atoms with Crippen LogP contribution in [-0.2, 0) is 0 Å². The standard InChI is InChI=1S/C14H12BrFO2/c1-9(17)10-2-5-12(6-3-10)18-14-8-11(16)4-7-13(14)15/h2-9,17H,1H3/t9-/m1/s1. The second-order valence-electron chi connectivity index (χ2n) is 3.92. The van der Waals surface area contributed by atoms with E-state index in [0.29, 0.717) is 16.0 Å². The third-order valence-corrected chi connectivity index (χ3v) is 3.14. The van der Waals surface area contributed by atoms with Crippen molar-refractivity contribution in [1.29, 1.82) is 0 Å². The Bertz CT molecular complexity index is 538. The van der Waals surface area contributed by atoms with E-state index >= 15 is 0 Å². The van der Waals surface area contributed by atoms with Crippen molar-refractivity contribution in [2.24, 2.45) is 0 Å². The Kier molecular flexibility index (Phi) is 3.99. The molecule has 18 heavy (non-hydrogen) atoms. The molecule has 2 aromatic carbocycles. The lowest BCUT2D eigenvalue weighted by molar-refractivity contribution is 0.199. The first-order chi connectivity index (χ1) is 8.56. The summed E-state index contributed by atoms with van der Waals surface area (Å²) in [6.45, 7) is 1.69. The monoisotopic (exact) mass is 310 g/mol. The molecule has 0 heterocycles. The summed E-state index contributed by atoms with van der Waals surface area (Å²) >= 11 is 3.29. The maximum atomic E-state index is 13.1. The van der Waals surface area contributed by atoms with Crippen LogP contribution in [0.5, 0.6) is 11.5 Å². The Morgan fingerprint density at radius 1 is 1.17 bits per heavy atom. The second-order valence-corrected chi connectivity index (χ2v) is 4.78. The quantitative estimate of drug-likeness (QED) is 0.908. The lowest BCUT2D eigenvalue weighted by Gasteiger charge is -2.09. The van der Waals surface area contributed by atoms with Crippen LogP contribution < -0.4 is 4.74 Å². The lowest BCUT2D eigenvalue weighted by atomic mass is 10.1. The van der Waals surface area contributed by atoms with Crippen LogP contribution in [-0.4, -0.2) is 5.11 Å². The molecule has 2 rings (SSSR count). The topological polar surface area (TPSA) is 29.5 Å². The van der Waals surface area contributed by atoms with E-state index in [4.69, 9.17) is 4.74 Å². The molecule has 2 aromatic rings. The Labute approximate surface area is 113 Å². The molecule has 4 heteroatoms. The largest absolute Gasteiger partial charge is 0.456 e. The van der Waals surface area contributed by atoms with Crippen molar-refractivity contribution in [1.82, 2.24) is 0 Å². The van der Waals surface area contributed by atoms with Gasteiger partial charge in [0.25, 0.3) is 0 Å². The number of aliphatic hydroxyl groups excluding tert-OH is 1. The van der Waals surface area contributed by atoms with Gasteiger partial charge in [-0.3, -0.25) is 0 Å². The van der Waals surface area contributed by atoms with E-state index in [0.717, 1.165) is 5.56 Å². The van der Waals surface area contributed by atoms with E-state index in [9.17, 15) is 9.50 Å². The highest BCUT2D eigenvalue weighted by atomic mass is 79.9. The van der Waals surface area contributed by atoms with Gasteiger partial charge in [0, 0.05) is 6.07 Å². The summed E-state index contributed by atoms with van der Waals surface area (Å²) in [4.78, 5) is 0. The van der Waals surface area contributed by atoms with E-state index in [1.807, 2.05) is 0 Å². The second kappa shape index (κ2) is 5.50. The van der Waals surface area contributed by atoms with Gasteiger partial charge in [-0.2, -0.15) is 0 Å². The molecule has 0 amide bonds. The average Bonchev–Trinajstić information content (AvgIpc) is 2.34. The van der Waals surface area contributed by atoms with Gasteiger partial charge in [-0.05, 0) is 52.7 Å². The van der Waals surface area contributed by atoms with E-state index in [2.05, 4.69) is 15.9 Å². The summed E-state index contributed by atoms with van der Waals surface area (Å²) in [6, 6.07) is 11.3. The van der Waals surface area contributed by atoms with Crippen LogP contribution in [0.2, 0.25) is 0 Å². The molecule has 0 fully saturated rings. The normalized spacial score (nSPS) is 12.2. The lowest BCUT2D eigenvalue weighted by Crippen LogP contribution is -1.91. The highest BCUT2D eigenvalue weighted by molar-refractivity contribution is 9.10. The van der Waals surface area contributed by atoms with E-state index in [1.54, 1.807) is 37.3 Å². The highest BCUT2D eigenvalue weighted by Gasteiger charge is 2.05. The molecule has 0 spiro atoms. The molecule has 0 aromatic heterocycles. The molecule has 0 aliphatic rings. The summed E-state index contributed by atoms with van der Waals surface area (Å²) in [5.41, 5.74) is 0.806. The average molecular weight is 311 g/mol. The Hall–Kier alpha value is -1.39. The first-order valence-corrected chi connectivity index (χ1v) is 6.26. The Balaban J connectivity index is 2.21. The highest BCUT2D eigenvalue weighted by Crippen LogP contribution is 2.30. The van der Waals surface area contributed by atoms with Crippen LogP contribution in [0, 0.1) is 5.82 Å². The SMILES string of the molecule is C[C@@H](O)c1ccc(Oc2cc(F)ccc2Br)cc1. The smallest absolute Gasteiger partial charge is 0.144 e. The summed E-state index contributed by atoms with van der Waals surface area (Å²) in [6.07, 6.45) is -0.514. The zero-order chi connectivity index (χ0) is 13.1. The summed E-state index contributed by atoms with van der Waals surface area (Å²) < 4.78 is 19.3. The van der Waals surface area contributed by atoms with Crippen molar-refractivity contribution in [3.63, 3.8) is 0 Å².